The van der Waals surface area contributed by atoms with Crippen LogP contribution in [-0.4, -0.2) is 57.3 Å². The Bertz CT molecular complexity index is 1320. The highest BCUT2D eigenvalue weighted by Gasteiger charge is 2.63. The molecule has 2 aliphatic carbocycles. The summed E-state index contributed by atoms with van der Waals surface area (Å²) in [6, 6.07) is 13.8. The molecule has 2 unspecified atom stereocenters. The molecule has 1 saturated heterocycles. The van der Waals surface area contributed by atoms with Crippen molar-refractivity contribution in [1.82, 2.24) is 9.80 Å². The average molecular weight is 520 g/mol. The van der Waals surface area contributed by atoms with Gasteiger partial charge in [0.2, 0.25) is 17.4 Å². The summed E-state index contributed by atoms with van der Waals surface area (Å²) >= 11 is 0. The lowest BCUT2D eigenvalue weighted by atomic mass is 9.84. The molecule has 0 radical (unpaired) electrons. The maximum Gasteiger partial charge on any atom is 0.418 e. The van der Waals surface area contributed by atoms with Gasteiger partial charge in [0.05, 0.1) is 6.42 Å². The number of benzene rings is 2. The third-order valence-electron chi connectivity index (χ3n) is 7.89. The number of aliphatic carboxylic acids is 1. The molecule has 3 atom stereocenters. The molecule has 5 rings (SSSR count). The summed E-state index contributed by atoms with van der Waals surface area (Å²) in [5.41, 5.74) is 5.46. The molecule has 3 aliphatic rings. The van der Waals surface area contributed by atoms with Crippen LogP contribution in [0.25, 0.3) is 0 Å². The topological polar surface area (TPSA) is 147 Å². The standard InChI is InChI=1S/C28H29N3O7/c1-16(18-7-8-18)30(14-17-5-3-2-4-6-17)23(32)15-31-26(36)28(38-27(31)37)21(13-24(33)34)12-20-11-19(25(29)35)9-10-22(20)28/h2-6,9-11,16,18,21H,7-8,12-15H2,1H3,(H2,29,35)(H,33,34)/t16?,21?,28-/m0/s1. The van der Waals surface area contributed by atoms with Crippen LogP contribution in [0.15, 0.2) is 48.5 Å². The highest BCUT2D eigenvalue weighted by molar-refractivity contribution is 6.07. The van der Waals surface area contributed by atoms with Gasteiger partial charge >= 0.3 is 12.1 Å². The highest BCUT2D eigenvalue weighted by atomic mass is 16.6. The number of primary amides is 1. The van der Waals surface area contributed by atoms with Crippen molar-refractivity contribution in [2.24, 2.45) is 17.6 Å². The SMILES string of the molecule is CC(C1CC1)N(Cc1ccccc1)C(=O)CN1C(=O)O[C@]2(C1=O)c1ccc(C(N)=O)cc1CC2CC(=O)O. The molecule has 1 spiro atoms. The number of amides is 4. The van der Waals surface area contributed by atoms with Gasteiger partial charge in [-0.25, -0.2) is 9.69 Å². The molecular weight excluding hydrogens is 490 g/mol. The zero-order chi connectivity index (χ0) is 27.2. The van der Waals surface area contributed by atoms with Crippen LogP contribution in [0.3, 0.4) is 0 Å². The highest BCUT2D eigenvalue weighted by Crippen LogP contribution is 2.50. The van der Waals surface area contributed by atoms with Gasteiger partial charge in [0.25, 0.3) is 5.91 Å². The fourth-order valence-corrected chi connectivity index (χ4v) is 5.72. The molecule has 4 amide bonds. The van der Waals surface area contributed by atoms with Crippen LogP contribution in [0.4, 0.5) is 4.79 Å². The molecule has 10 heteroatoms. The van der Waals surface area contributed by atoms with Gasteiger partial charge in [-0.3, -0.25) is 19.2 Å². The smallest absolute Gasteiger partial charge is 0.418 e. The molecule has 2 fully saturated rings. The molecule has 1 aliphatic heterocycles. The Morgan fingerprint density at radius 2 is 1.87 bits per heavy atom. The monoisotopic (exact) mass is 519 g/mol. The first-order valence-electron chi connectivity index (χ1n) is 12.6. The number of carbonyl (C=O) groups is 5. The number of fused-ring (bicyclic) bond motifs is 2. The fourth-order valence-electron chi connectivity index (χ4n) is 5.72. The summed E-state index contributed by atoms with van der Waals surface area (Å²) in [7, 11) is 0. The fraction of sp³-hybridized carbons (Fsp3) is 0.393. The van der Waals surface area contributed by atoms with E-state index in [0.29, 0.717) is 23.6 Å². The number of nitrogens with two attached hydrogens (primary N) is 1. The van der Waals surface area contributed by atoms with Gasteiger partial charge in [-0.15, -0.1) is 0 Å². The number of hydrogen-bond donors (Lipinski definition) is 2. The Morgan fingerprint density at radius 1 is 1.16 bits per heavy atom. The van der Waals surface area contributed by atoms with E-state index in [1.54, 1.807) is 4.90 Å². The van der Waals surface area contributed by atoms with Gasteiger partial charge in [-0.1, -0.05) is 36.4 Å². The van der Waals surface area contributed by atoms with E-state index >= 15 is 0 Å². The molecule has 3 N–H and O–H groups in total. The third-order valence-corrected chi connectivity index (χ3v) is 7.89. The van der Waals surface area contributed by atoms with Crippen molar-refractivity contribution in [1.29, 1.82) is 0 Å². The molecule has 1 heterocycles. The summed E-state index contributed by atoms with van der Waals surface area (Å²) in [6.45, 7) is 1.79. The van der Waals surface area contributed by atoms with Crippen LogP contribution in [-0.2, 0) is 37.7 Å². The quantitative estimate of drug-likeness (QED) is 0.517. The number of hydrogen-bond acceptors (Lipinski definition) is 6. The minimum atomic E-state index is -1.88. The van der Waals surface area contributed by atoms with Crippen molar-refractivity contribution in [3.05, 3.63) is 70.8 Å². The number of imide groups is 1. The van der Waals surface area contributed by atoms with Crippen LogP contribution in [0.5, 0.6) is 0 Å². The first-order valence-corrected chi connectivity index (χ1v) is 12.6. The van der Waals surface area contributed by atoms with Gasteiger partial charge in [0.1, 0.15) is 6.54 Å². The lowest BCUT2D eigenvalue weighted by molar-refractivity contribution is -0.148. The van der Waals surface area contributed by atoms with Gasteiger partial charge in [-0.2, -0.15) is 0 Å². The van der Waals surface area contributed by atoms with Gasteiger partial charge in [0.15, 0.2) is 0 Å². The van der Waals surface area contributed by atoms with Crippen LogP contribution in [0, 0.1) is 11.8 Å². The second kappa shape index (κ2) is 9.59. The molecule has 38 heavy (non-hydrogen) atoms. The first kappa shape index (κ1) is 25.4. The summed E-state index contributed by atoms with van der Waals surface area (Å²) < 4.78 is 5.68. The van der Waals surface area contributed by atoms with Crippen molar-refractivity contribution in [3.63, 3.8) is 0 Å². The van der Waals surface area contributed by atoms with E-state index in [2.05, 4.69) is 0 Å². The van der Waals surface area contributed by atoms with Crippen molar-refractivity contribution in [3.8, 4) is 0 Å². The molecule has 2 aromatic carbocycles. The average Bonchev–Trinajstić information content (AvgIpc) is 3.65. The number of ether oxygens (including phenoxy) is 1. The maximum atomic E-state index is 13.9. The Morgan fingerprint density at radius 3 is 2.50 bits per heavy atom. The summed E-state index contributed by atoms with van der Waals surface area (Å²) in [5, 5.41) is 9.53. The molecule has 2 aromatic rings. The Hall–Kier alpha value is -4.21. The van der Waals surface area contributed by atoms with E-state index in [4.69, 9.17) is 10.5 Å². The largest absolute Gasteiger partial charge is 0.481 e. The minimum Gasteiger partial charge on any atom is -0.481 e. The van der Waals surface area contributed by atoms with Gasteiger partial charge in [-0.05, 0) is 55.4 Å². The zero-order valence-corrected chi connectivity index (χ0v) is 21.0. The second-order valence-electron chi connectivity index (χ2n) is 10.3. The minimum absolute atomic E-state index is 0.0791. The number of carboxylic acids is 1. The van der Waals surface area contributed by atoms with Crippen molar-refractivity contribution < 1.29 is 33.8 Å². The first-order chi connectivity index (χ1) is 18.1. The molecule has 198 valence electrons. The maximum absolute atomic E-state index is 13.9. The Labute approximate surface area is 219 Å². The third kappa shape index (κ3) is 4.40. The van der Waals surface area contributed by atoms with E-state index in [-0.39, 0.29) is 18.0 Å². The van der Waals surface area contributed by atoms with Crippen LogP contribution < -0.4 is 5.73 Å². The number of rotatable bonds is 9. The number of carbonyl (C=O) groups excluding carboxylic acids is 4. The van der Waals surface area contributed by atoms with Gasteiger partial charge < -0.3 is 20.5 Å². The van der Waals surface area contributed by atoms with E-state index in [0.717, 1.165) is 23.3 Å². The second-order valence-corrected chi connectivity index (χ2v) is 10.3. The zero-order valence-electron chi connectivity index (χ0n) is 21.0. The number of carboxylic acid groups (broad SMARTS) is 1. The molecular formula is C28H29N3O7. The van der Waals surface area contributed by atoms with E-state index in [1.165, 1.54) is 18.2 Å². The lowest BCUT2D eigenvalue weighted by Crippen LogP contribution is -2.48. The van der Waals surface area contributed by atoms with Crippen molar-refractivity contribution in [2.75, 3.05) is 6.54 Å². The Balaban J connectivity index is 1.44. The Kier molecular flexibility index (Phi) is 6.42. The van der Waals surface area contributed by atoms with Crippen molar-refractivity contribution >= 4 is 29.8 Å². The predicted octanol–water partition coefficient (Wildman–Crippen LogP) is 2.43. The molecule has 0 bridgehead atoms. The predicted molar refractivity (Wildman–Crippen MR) is 133 cm³/mol. The molecule has 10 nitrogen and oxygen atoms in total. The summed E-state index contributed by atoms with van der Waals surface area (Å²) in [6.07, 6.45) is 0.676. The van der Waals surface area contributed by atoms with Gasteiger partial charge in [0, 0.05) is 29.6 Å². The number of nitrogens with zero attached hydrogens (tertiary/aromatic N) is 2. The van der Waals surface area contributed by atoms with Crippen molar-refractivity contribution in [2.45, 2.75) is 50.8 Å². The summed E-state index contributed by atoms with van der Waals surface area (Å²) in [4.78, 5) is 66.4. The molecule has 0 aromatic heterocycles. The van der Waals surface area contributed by atoms with Crippen LogP contribution >= 0.6 is 0 Å². The van der Waals surface area contributed by atoms with E-state index in [9.17, 15) is 29.1 Å². The lowest BCUT2D eigenvalue weighted by Gasteiger charge is -2.31. The van der Waals surface area contributed by atoms with E-state index in [1.807, 2.05) is 37.3 Å². The van der Waals surface area contributed by atoms with Crippen LogP contribution in [0.2, 0.25) is 0 Å². The normalized spacial score (nSPS) is 22.8. The van der Waals surface area contributed by atoms with Crippen LogP contribution in [0.1, 0.15) is 53.2 Å². The van der Waals surface area contributed by atoms with E-state index < -0.39 is 54.3 Å². The molecule has 1 saturated carbocycles. The summed E-state index contributed by atoms with van der Waals surface area (Å²) in [5.74, 6) is -3.55.